The zero-order chi connectivity index (χ0) is 18.2. The van der Waals surface area contributed by atoms with Gasteiger partial charge in [-0.25, -0.2) is 0 Å². The van der Waals surface area contributed by atoms with Crippen LogP contribution in [-0.2, 0) is 4.79 Å². The lowest BCUT2D eigenvalue weighted by atomic mass is 10.1. The molecule has 0 fully saturated rings. The second kappa shape index (κ2) is 9.46. The fourth-order valence-electron chi connectivity index (χ4n) is 2.65. The molecule has 0 heterocycles. The number of carbonyl (C=O) groups is 1. The minimum absolute atomic E-state index is 0.0359. The third-order valence-corrected chi connectivity index (χ3v) is 5.91. The van der Waals surface area contributed by atoms with Crippen LogP contribution in [0.4, 0.5) is 5.69 Å². The molecule has 0 aliphatic rings. The number of nitrogens with one attached hydrogen (secondary N) is 1. The molecule has 0 aromatic heterocycles. The summed E-state index contributed by atoms with van der Waals surface area (Å²) in [6.45, 7) is 0. The van der Waals surface area contributed by atoms with Crippen molar-refractivity contribution < 1.29 is 4.79 Å². The smallest absolute Gasteiger partial charge is 0.225 e. The van der Waals surface area contributed by atoms with Crippen molar-refractivity contribution in [1.29, 1.82) is 0 Å². The largest absolute Gasteiger partial charge is 0.326 e. The molecule has 1 N–H and O–H groups in total. The Morgan fingerprint density at radius 1 is 0.846 bits per heavy atom. The fourth-order valence-corrected chi connectivity index (χ4v) is 4.21. The number of para-hydroxylation sites is 1. The fraction of sp³-hybridized carbons (Fsp3) is 0.136. The summed E-state index contributed by atoms with van der Waals surface area (Å²) in [5, 5.41) is 2.61. The summed E-state index contributed by atoms with van der Waals surface area (Å²) in [5.74, 6) is -0.0359. The van der Waals surface area contributed by atoms with Crippen molar-refractivity contribution in [2.45, 2.75) is 21.9 Å². The first-order valence-corrected chi connectivity index (χ1v) is 9.79. The molecule has 0 saturated carbocycles. The highest BCUT2D eigenvalue weighted by atomic mass is 35.5. The Morgan fingerprint density at radius 3 is 2.00 bits per heavy atom. The van der Waals surface area contributed by atoms with Crippen LogP contribution in [0.1, 0.15) is 17.4 Å². The molecule has 0 saturated heterocycles. The van der Waals surface area contributed by atoms with Crippen LogP contribution in [0.5, 0.6) is 0 Å². The molecular weight excluding hydrogens is 362 g/mol. The third kappa shape index (κ3) is 5.38. The lowest BCUT2D eigenvalue weighted by Gasteiger charge is -2.22. The van der Waals surface area contributed by atoms with E-state index in [0.717, 1.165) is 16.1 Å². The number of benzene rings is 3. The van der Waals surface area contributed by atoms with Gasteiger partial charge in [-0.1, -0.05) is 66.7 Å². The summed E-state index contributed by atoms with van der Waals surface area (Å²) in [7, 11) is 0. The van der Waals surface area contributed by atoms with Gasteiger partial charge in [-0.3, -0.25) is 4.79 Å². The average Bonchev–Trinajstić information content (AvgIpc) is 2.69. The number of hydrogen-bond acceptors (Lipinski definition) is 2. The molecule has 0 bridgehead atoms. The molecule has 3 rings (SSSR count). The van der Waals surface area contributed by atoms with Gasteiger partial charge in [0.2, 0.25) is 5.91 Å². The molecule has 4 heteroatoms. The van der Waals surface area contributed by atoms with Gasteiger partial charge in [-0.2, -0.15) is 0 Å². The van der Waals surface area contributed by atoms with Gasteiger partial charge < -0.3 is 5.32 Å². The van der Waals surface area contributed by atoms with E-state index in [4.69, 9.17) is 11.6 Å². The van der Waals surface area contributed by atoms with Gasteiger partial charge in [0.15, 0.2) is 0 Å². The second-order valence-electron chi connectivity index (χ2n) is 5.90. The maximum atomic E-state index is 12.6. The molecule has 3 aromatic rings. The lowest BCUT2D eigenvalue weighted by molar-refractivity contribution is -0.116. The van der Waals surface area contributed by atoms with Crippen molar-refractivity contribution in [3.8, 4) is 0 Å². The minimum Gasteiger partial charge on any atom is -0.326 e. The molecular formula is C22H20ClNOS. The SMILES string of the molecule is O=C(CC(Sc1ccccc1)C(Cl)c1ccccc1)Nc1ccccc1. The van der Waals surface area contributed by atoms with E-state index in [9.17, 15) is 4.79 Å². The normalized spacial score (nSPS) is 13.0. The number of amides is 1. The van der Waals surface area contributed by atoms with E-state index in [1.54, 1.807) is 11.8 Å². The molecule has 1 amide bonds. The summed E-state index contributed by atoms with van der Waals surface area (Å²) in [6, 6.07) is 29.5. The molecule has 0 spiro atoms. The van der Waals surface area contributed by atoms with Crippen LogP contribution >= 0.6 is 23.4 Å². The molecule has 26 heavy (non-hydrogen) atoms. The molecule has 0 radical (unpaired) electrons. The molecule has 132 valence electrons. The van der Waals surface area contributed by atoms with Crippen LogP contribution in [-0.4, -0.2) is 11.2 Å². The first-order valence-electron chi connectivity index (χ1n) is 8.48. The standard InChI is InChI=1S/C22H20ClNOS/c23-22(17-10-4-1-5-11-17)20(26-19-14-8-3-9-15-19)16-21(25)24-18-12-6-2-7-13-18/h1-15,20,22H,16H2,(H,24,25). The zero-order valence-corrected chi connectivity index (χ0v) is 15.8. The molecule has 0 aliphatic carbocycles. The Bertz CT molecular complexity index is 811. The molecule has 2 nitrogen and oxygen atoms in total. The van der Waals surface area contributed by atoms with Crippen LogP contribution in [0, 0.1) is 0 Å². The van der Waals surface area contributed by atoms with E-state index in [1.807, 2.05) is 91.0 Å². The van der Waals surface area contributed by atoms with Gasteiger partial charge >= 0.3 is 0 Å². The summed E-state index contributed by atoms with van der Waals surface area (Å²) >= 11 is 8.41. The molecule has 0 aliphatic heterocycles. The Labute approximate surface area is 163 Å². The third-order valence-electron chi connectivity index (χ3n) is 3.92. The van der Waals surface area contributed by atoms with Gasteiger partial charge in [-0.05, 0) is 29.8 Å². The van der Waals surface area contributed by atoms with Gasteiger partial charge in [0.1, 0.15) is 0 Å². The van der Waals surface area contributed by atoms with Crippen LogP contribution < -0.4 is 5.32 Å². The quantitative estimate of drug-likeness (QED) is 0.392. The number of rotatable bonds is 7. The Kier molecular flexibility index (Phi) is 6.75. The van der Waals surface area contributed by atoms with Gasteiger partial charge in [0, 0.05) is 22.3 Å². The first-order chi connectivity index (χ1) is 12.7. The van der Waals surface area contributed by atoms with E-state index in [2.05, 4.69) is 5.32 Å². The number of carbonyl (C=O) groups excluding carboxylic acids is 1. The monoisotopic (exact) mass is 381 g/mol. The van der Waals surface area contributed by atoms with Crippen LogP contribution in [0.15, 0.2) is 95.9 Å². The van der Waals surface area contributed by atoms with Crippen LogP contribution in [0.3, 0.4) is 0 Å². The van der Waals surface area contributed by atoms with E-state index < -0.39 is 0 Å². The maximum absolute atomic E-state index is 12.6. The first kappa shape index (κ1) is 18.6. The van der Waals surface area contributed by atoms with E-state index in [1.165, 1.54) is 0 Å². The number of halogens is 1. The van der Waals surface area contributed by atoms with Crippen LogP contribution in [0.25, 0.3) is 0 Å². The molecule has 2 atom stereocenters. The van der Waals surface area contributed by atoms with E-state index in [-0.39, 0.29) is 16.5 Å². The summed E-state index contributed by atoms with van der Waals surface area (Å²) in [4.78, 5) is 13.7. The molecule has 2 unspecified atom stereocenters. The molecule has 3 aromatic carbocycles. The zero-order valence-electron chi connectivity index (χ0n) is 14.2. The van der Waals surface area contributed by atoms with Crippen molar-refractivity contribution in [2.24, 2.45) is 0 Å². The number of alkyl halides is 1. The second-order valence-corrected chi connectivity index (χ2v) is 7.68. The highest BCUT2D eigenvalue weighted by Crippen LogP contribution is 2.38. The Morgan fingerprint density at radius 2 is 1.38 bits per heavy atom. The van der Waals surface area contributed by atoms with E-state index in [0.29, 0.717) is 6.42 Å². The lowest BCUT2D eigenvalue weighted by Crippen LogP contribution is -2.21. The summed E-state index contributed by atoms with van der Waals surface area (Å²) in [5.41, 5.74) is 1.82. The van der Waals surface area contributed by atoms with Gasteiger partial charge in [-0.15, -0.1) is 23.4 Å². The van der Waals surface area contributed by atoms with Crippen molar-refractivity contribution in [1.82, 2.24) is 0 Å². The number of hydrogen-bond donors (Lipinski definition) is 1. The van der Waals surface area contributed by atoms with E-state index >= 15 is 0 Å². The average molecular weight is 382 g/mol. The van der Waals surface area contributed by atoms with Crippen LogP contribution in [0.2, 0.25) is 0 Å². The van der Waals surface area contributed by atoms with Crippen molar-refractivity contribution in [2.75, 3.05) is 5.32 Å². The highest BCUT2D eigenvalue weighted by molar-refractivity contribution is 8.00. The topological polar surface area (TPSA) is 29.1 Å². The predicted molar refractivity (Wildman–Crippen MR) is 111 cm³/mol. The number of anilines is 1. The van der Waals surface area contributed by atoms with Gasteiger partial charge in [0.25, 0.3) is 0 Å². The van der Waals surface area contributed by atoms with Crippen molar-refractivity contribution in [3.05, 3.63) is 96.6 Å². The number of thioether (sulfide) groups is 1. The maximum Gasteiger partial charge on any atom is 0.225 e. The Hall–Kier alpha value is -2.23. The summed E-state index contributed by atoms with van der Waals surface area (Å²) in [6.07, 6.45) is 0.331. The Balaban J connectivity index is 1.75. The minimum atomic E-state index is -0.261. The van der Waals surface area contributed by atoms with Crippen molar-refractivity contribution in [3.63, 3.8) is 0 Å². The van der Waals surface area contributed by atoms with Gasteiger partial charge in [0.05, 0.1) is 5.38 Å². The predicted octanol–water partition coefficient (Wildman–Crippen LogP) is 6.16. The highest BCUT2D eigenvalue weighted by Gasteiger charge is 2.25. The van der Waals surface area contributed by atoms with Crippen molar-refractivity contribution >= 4 is 35.0 Å². The summed E-state index contributed by atoms with van der Waals surface area (Å²) < 4.78 is 0.